The van der Waals surface area contributed by atoms with Crippen molar-refractivity contribution in [1.29, 1.82) is 0 Å². The van der Waals surface area contributed by atoms with Gasteiger partial charge in [-0.3, -0.25) is 0 Å². The minimum atomic E-state index is 0.426. The fraction of sp³-hybridized carbons (Fsp3) is 0.136. The highest BCUT2D eigenvalue weighted by Gasteiger charge is 2.19. The average molecular weight is 353 g/mol. The number of nitrogens with zero attached hydrogens (tertiary/aromatic N) is 5. The zero-order chi connectivity index (χ0) is 18.5. The Bertz CT molecular complexity index is 1090. The van der Waals surface area contributed by atoms with Gasteiger partial charge in [0.2, 0.25) is 0 Å². The molecule has 132 valence electrons. The van der Waals surface area contributed by atoms with Crippen LogP contribution in [0.15, 0.2) is 84.1 Å². The number of hydrogen-bond donors (Lipinski definition) is 0. The number of aromatic nitrogens is 2. The predicted molar refractivity (Wildman–Crippen MR) is 108 cm³/mol. The minimum absolute atomic E-state index is 0.426. The third-order valence-corrected chi connectivity index (χ3v) is 4.68. The number of pyridine rings is 1. The normalized spacial score (nSPS) is 10.7. The van der Waals surface area contributed by atoms with Crippen LogP contribution < -0.4 is 0 Å². The van der Waals surface area contributed by atoms with E-state index >= 15 is 0 Å². The first-order valence-corrected chi connectivity index (χ1v) is 8.95. The Hall–Kier alpha value is -3.56. The summed E-state index contributed by atoms with van der Waals surface area (Å²) >= 11 is 0. The molecule has 0 spiro atoms. The SMILES string of the molecule is [N-]=[N+]=NCCc1c(-c2ccccc2)n(Cc2ccccc2)c2ncccc12. The number of azide groups is 1. The van der Waals surface area contributed by atoms with Gasteiger partial charge in [-0.15, -0.1) is 0 Å². The van der Waals surface area contributed by atoms with Crippen LogP contribution in [0.25, 0.3) is 32.7 Å². The molecule has 2 heterocycles. The lowest BCUT2D eigenvalue weighted by atomic mass is 10.0. The smallest absolute Gasteiger partial charge is 0.140 e. The third-order valence-electron chi connectivity index (χ3n) is 4.68. The van der Waals surface area contributed by atoms with Crippen molar-refractivity contribution in [3.05, 3.63) is 101 Å². The second-order valence-electron chi connectivity index (χ2n) is 6.34. The number of hydrogen-bond acceptors (Lipinski definition) is 2. The summed E-state index contributed by atoms with van der Waals surface area (Å²) in [5.41, 5.74) is 14.3. The van der Waals surface area contributed by atoms with E-state index < -0.39 is 0 Å². The van der Waals surface area contributed by atoms with E-state index in [9.17, 15) is 0 Å². The van der Waals surface area contributed by atoms with Crippen LogP contribution in [0, 0.1) is 0 Å². The standard InChI is InChI=1S/C22H19N5/c23-26-25-15-13-19-20-12-7-14-24-22(20)27(16-17-8-3-1-4-9-17)21(19)18-10-5-2-6-11-18/h1-12,14H,13,15-16H2. The summed E-state index contributed by atoms with van der Waals surface area (Å²) in [4.78, 5) is 7.58. The monoisotopic (exact) mass is 353 g/mol. The molecule has 0 N–H and O–H groups in total. The molecule has 0 unspecified atom stereocenters. The fourth-order valence-corrected chi connectivity index (χ4v) is 3.55. The molecule has 5 nitrogen and oxygen atoms in total. The lowest BCUT2D eigenvalue weighted by Gasteiger charge is -2.12. The third kappa shape index (κ3) is 3.41. The van der Waals surface area contributed by atoms with Gasteiger partial charge in [0.15, 0.2) is 0 Å². The van der Waals surface area contributed by atoms with E-state index in [1.165, 1.54) is 11.1 Å². The first-order chi connectivity index (χ1) is 13.4. The van der Waals surface area contributed by atoms with Crippen molar-refractivity contribution >= 4 is 11.0 Å². The number of rotatable bonds is 6. The maximum atomic E-state index is 8.68. The van der Waals surface area contributed by atoms with Crippen LogP contribution in [0.3, 0.4) is 0 Å². The van der Waals surface area contributed by atoms with Gasteiger partial charge >= 0.3 is 0 Å². The number of benzene rings is 2. The van der Waals surface area contributed by atoms with Crippen molar-refractivity contribution in [2.75, 3.05) is 6.54 Å². The molecule has 2 aromatic heterocycles. The summed E-state index contributed by atoms with van der Waals surface area (Å²) in [6, 6.07) is 24.8. The predicted octanol–water partition coefficient (Wildman–Crippen LogP) is 5.60. The molecule has 0 saturated heterocycles. The Morgan fingerprint density at radius 1 is 0.926 bits per heavy atom. The van der Waals surface area contributed by atoms with Gasteiger partial charge in [0, 0.05) is 29.6 Å². The summed E-state index contributed by atoms with van der Waals surface area (Å²) in [6.07, 6.45) is 2.51. The molecule has 0 saturated carbocycles. The van der Waals surface area contributed by atoms with Gasteiger partial charge in [0.1, 0.15) is 5.65 Å². The van der Waals surface area contributed by atoms with Crippen molar-refractivity contribution in [2.24, 2.45) is 5.11 Å². The molecule has 0 bridgehead atoms. The van der Waals surface area contributed by atoms with E-state index in [1.54, 1.807) is 0 Å². The molecule has 2 aromatic carbocycles. The second-order valence-corrected chi connectivity index (χ2v) is 6.34. The maximum Gasteiger partial charge on any atom is 0.140 e. The van der Waals surface area contributed by atoms with E-state index in [4.69, 9.17) is 5.53 Å². The van der Waals surface area contributed by atoms with Gasteiger partial charge in [-0.2, -0.15) is 0 Å². The molecule has 0 aliphatic heterocycles. The van der Waals surface area contributed by atoms with Crippen molar-refractivity contribution in [3.63, 3.8) is 0 Å². The van der Waals surface area contributed by atoms with Crippen LogP contribution in [0.5, 0.6) is 0 Å². The number of fused-ring (bicyclic) bond motifs is 1. The molecule has 4 rings (SSSR count). The Balaban J connectivity index is 1.95. The van der Waals surface area contributed by atoms with E-state index in [1.807, 2.05) is 36.5 Å². The van der Waals surface area contributed by atoms with Crippen LogP contribution >= 0.6 is 0 Å². The van der Waals surface area contributed by atoms with E-state index in [2.05, 4.69) is 62.0 Å². The summed E-state index contributed by atoms with van der Waals surface area (Å²) < 4.78 is 2.27. The van der Waals surface area contributed by atoms with Crippen molar-refractivity contribution in [1.82, 2.24) is 9.55 Å². The molecule has 0 amide bonds. The van der Waals surface area contributed by atoms with Crippen molar-refractivity contribution < 1.29 is 0 Å². The zero-order valence-corrected chi connectivity index (χ0v) is 14.9. The highest BCUT2D eigenvalue weighted by atomic mass is 15.1. The van der Waals surface area contributed by atoms with Crippen molar-refractivity contribution in [2.45, 2.75) is 13.0 Å². The lowest BCUT2D eigenvalue weighted by Crippen LogP contribution is -2.04. The summed E-state index contributed by atoms with van der Waals surface area (Å²) in [7, 11) is 0. The lowest BCUT2D eigenvalue weighted by molar-refractivity contribution is 0.826. The van der Waals surface area contributed by atoms with Gasteiger partial charge in [0.25, 0.3) is 0 Å². The van der Waals surface area contributed by atoms with Crippen LogP contribution in [-0.4, -0.2) is 16.1 Å². The Kier molecular flexibility index (Phi) is 4.86. The first kappa shape index (κ1) is 16.9. The molecule has 0 fully saturated rings. The van der Waals surface area contributed by atoms with E-state index in [0.717, 1.165) is 28.8 Å². The topological polar surface area (TPSA) is 66.6 Å². The summed E-state index contributed by atoms with van der Waals surface area (Å²) in [5.74, 6) is 0. The zero-order valence-electron chi connectivity index (χ0n) is 14.9. The highest BCUT2D eigenvalue weighted by Crippen LogP contribution is 2.34. The largest absolute Gasteiger partial charge is 0.321 e. The molecule has 0 radical (unpaired) electrons. The van der Waals surface area contributed by atoms with Crippen LogP contribution in [0.1, 0.15) is 11.1 Å². The van der Waals surface area contributed by atoms with Gasteiger partial charge in [-0.25, -0.2) is 4.98 Å². The summed E-state index contributed by atoms with van der Waals surface area (Å²) in [6.45, 7) is 1.16. The van der Waals surface area contributed by atoms with Crippen LogP contribution in [0.4, 0.5) is 0 Å². The molecule has 27 heavy (non-hydrogen) atoms. The molecule has 0 aliphatic carbocycles. The quantitative estimate of drug-likeness (QED) is 0.252. The Labute approximate surface area is 157 Å². The Morgan fingerprint density at radius 3 is 2.41 bits per heavy atom. The molecule has 0 aliphatic rings. The molecule has 5 heteroatoms. The maximum absolute atomic E-state index is 8.68. The molecular weight excluding hydrogens is 334 g/mol. The van der Waals surface area contributed by atoms with E-state index in [-0.39, 0.29) is 0 Å². The molecular formula is C22H19N5. The van der Waals surface area contributed by atoms with Crippen molar-refractivity contribution in [3.8, 4) is 11.3 Å². The first-order valence-electron chi connectivity index (χ1n) is 8.95. The van der Waals surface area contributed by atoms with Gasteiger partial charge in [0.05, 0.1) is 5.69 Å². The Morgan fingerprint density at radius 2 is 1.67 bits per heavy atom. The van der Waals surface area contributed by atoms with Gasteiger partial charge in [-0.05, 0) is 40.8 Å². The molecule has 0 atom stereocenters. The summed E-state index contributed by atoms with van der Waals surface area (Å²) in [5, 5.41) is 4.86. The second kappa shape index (κ2) is 7.77. The highest BCUT2D eigenvalue weighted by molar-refractivity contribution is 5.89. The van der Waals surface area contributed by atoms with Gasteiger partial charge in [-0.1, -0.05) is 65.8 Å². The average Bonchev–Trinajstić information content (AvgIpc) is 3.03. The van der Waals surface area contributed by atoms with E-state index in [0.29, 0.717) is 13.0 Å². The minimum Gasteiger partial charge on any atom is -0.321 e. The van der Waals surface area contributed by atoms with Crippen LogP contribution in [-0.2, 0) is 13.0 Å². The van der Waals surface area contributed by atoms with Crippen LogP contribution in [0.2, 0.25) is 0 Å². The molecule has 4 aromatic rings. The van der Waals surface area contributed by atoms with Gasteiger partial charge < -0.3 is 4.57 Å². The fourth-order valence-electron chi connectivity index (χ4n) is 3.55.